The van der Waals surface area contributed by atoms with Gasteiger partial charge in [0.15, 0.2) is 5.78 Å². The van der Waals surface area contributed by atoms with Crippen molar-refractivity contribution >= 4 is 11.8 Å². The van der Waals surface area contributed by atoms with Crippen LogP contribution in [0.1, 0.15) is 10.4 Å². The third kappa shape index (κ3) is 4.32. The van der Waals surface area contributed by atoms with Gasteiger partial charge in [0.05, 0.1) is 11.5 Å². The van der Waals surface area contributed by atoms with Crippen LogP contribution in [0.2, 0.25) is 0 Å². The Labute approximate surface area is 114 Å². The van der Waals surface area contributed by atoms with Crippen molar-refractivity contribution in [2.45, 2.75) is 0 Å². The van der Waals surface area contributed by atoms with E-state index in [0.717, 1.165) is 0 Å². The summed E-state index contributed by atoms with van der Waals surface area (Å²) in [4.78, 5) is 21.3. The SMILES string of the molecule is O=C([O-])COc1ccccc1C(=O)CO.[Na+]. The molecule has 80 valence electrons. The van der Waals surface area contributed by atoms with Crippen molar-refractivity contribution in [3.8, 4) is 5.75 Å². The number of carbonyl (C=O) groups excluding carboxylic acids is 2. The largest absolute Gasteiger partial charge is 1.00 e. The van der Waals surface area contributed by atoms with Gasteiger partial charge in [0.1, 0.15) is 19.0 Å². The molecule has 0 bridgehead atoms. The Bertz CT molecular complexity index is 377. The second-order valence-electron chi connectivity index (χ2n) is 2.74. The number of rotatable bonds is 5. The van der Waals surface area contributed by atoms with Crippen LogP contribution < -0.4 is 39.4 Å². The van der Waals surface area contributed by atoms with Crippen LogP contribution >= 0.6 is 0 Å². The van der Waals surface area contributed by atoms with E-state index in [4.69, 9.17) is 9.84 Å². The minimum atomic E-state index is -1.37. The number of aliphatic carboxylic acids is 1. The Morgan fingerprint density at radius 2 is 1.94 bits per heavy atom. The molecule has 0 unspecified atom stereocenters. The Balaban J connectivity index is 0.00000225. The van der Waals surface area contributed by atoms with Crippen molar-refractivity contribution in [3.05, 3.63) is 29.8 Å². The van der Waals surface area contributed by atoms with Gasteiger partial charge in [0.25, 0.3) is 0 Å². The number of hydrogen-bond acceptors (Lipinski definition) is 5. The zero-order chi connectivity index (χ0) is 11.3. The standard InChI is InChI=1S/C10H10O5.Na/c11-5-8(12)7-3-1-2-4-9(7)15-6-10(13)14;/h1-4,11H,5-6H2,(H,13,14);/q;+1/p-1. The maximum absolute atomic E-state index is 11.2. The number of ether oxygens (including phenoxy) is 1. The average Bonchev–Trinajstić information content (AvgIpc) is 2.25. The van der Waals surface area contributed by atoms with Gasteiger partial charge in [-0.1, -0.05) is 12.1 Å². The number of aliphatic hydroxyl groups is 1. The van der Waals surface area contributed by atoms with Gasteiger partial charge in [0.2, 0.25) is 0 Å². The summed E-state index contributed by atoms with van der Waals surface area (Å²) < 4.78 is 4.83. The van der Waals surface area contributed by atoms with Gasteiger partial charge < -0.3 is 19.7 Å². The summed E-state index contributed by atoms with van der Waals surface area (Å²) in [7, 11) is 0. The Morgan fingerprint density at radius 1 is 1.31 bits per heavy atom. The van der Waals surface area contributed by atoms with Crippen molar-refractivity contribution in [1.82, 2.24) is 0 Å². The summed E-state index contributed by atoms with van der Waals surface area (Å²) in [6, 6.07) is 6.09. The first-order valence-electron chi connectivity index (χ1n) is 4.21. The normalized spacial score (nSPS) is 9.06. The second kappa shape index (κ2) is 7.40. The summed E-state index contributed by atoms with van der Waals surface area (Å²) in [6.45, 7) is -1.28. The molecule has 0 aliphatic carbocycles. The predicted octanol–water partition coefficient (Wildman–Crippen LogP) is -4.01. The van der Waals surface area contributed by atoms with Gasteiger partial charge in [0, 0.05) is 0 Å². The number of ketones is 1. The maximum Gasteiger partial charge on any atom is 1.00 e. The van der Waals surface area contributed by atoms with Crippen LogP contribution in [0.25, 0.3) is 0 Å². The molecule has 1 aromatic carbocycles. The van der Waals surface area contributed by atoms with E-state index in [0.29, 0.717) is 0 Å². The molecule has 0 heterocycles. The Kier molecular flexibility index (Phi) is 7.00. The van der Waals surface area contributed by atoms with Crippen LogP contribution in [-0.4, -0.2) is 30.1 Å². The van der Waals surface area contributed by atoms with Crippen LogP contribution in [0.15, 0.2) is 24.3 Å². The van der Waals surface area contributed by atoms with Gasteiger partial charge in [-0.3, -0.25) is 4.79 Å². The molecule has 5 nitrogen and oxygen atoms in total. The Hall–Kier alpha value is -0.880. The van der Waals surface area contributed by atoms with Crippen molar-refractivity contribution in [1.29, 1.82) is 0 Å². The number of Topliss-reactive ketones (excluding diaryl/α,β-unsaturated/α-hetero) is 1. The maximum atomic E-state index is 11.2. The first-order valence-corrected chi connectivity index (χ1v) is 4.21. The van der Waals surface area contributed by atoms with Crippen molar-refractivity contribution in [2.75, 3.05) is 13.2 Å². The number of hydrogen-bond donors (Lipinski definition) is 1. The minimum Gasteiger partial charge on any atom is -0.546 e. The first-order chi connectivity index (χ1) is 7.15. The molecule has 1 rings (SSSR count). The quantitative estimate of drug-likeness (QED) is 0.413. The topological polar surface area (TPSA) is 86.7 Å². The molecule has 1 aromatic rings. The number of carboxylic acids is 1. The van der Waals surface area contributed by atoms with E-state index in [-0.39, 0.29) is 40.9 Å². The Morgan fingerprint density at radius 3 is 2.50 bits per heavy atom. The smallest absolute Gasteiger partial charge is 0.546 e. The van der Waals surface area contributed by atoms with Crippen LogP contribution in [0.5, 0.6) is 5.75 Å². The fourth-order valence-electron chi connectivity index (χ4n) is 1.04. The average molecular weight is 232 g/mol. The second-order valence-corrected chi connectivity index (χ2v) is 2.74. The zero-order valence-corrected chi connectivity index (χ0v) is 10.8. The molecule has 0 aromatic heterocycles. The third-order valence-corrected chi connectivity index (χ3v) is 1.68. The molecule has 0 saturated carbocycles. The number of para-hydroxylation sites is 1. The van der Waals surface area contributed by atoms with E-state index in [2.05, 4.69) is 0 Å². The van der Waals surface area contributed by atoms with E-state index >= 15 is 0 Å². The monoisotopic (exact) mass is 232 g/mol. The van der Waals surface area contributed by atoms with E-state index in [1.54, 1.807) is 12.1 Å². The van der Waals surface area contributed by atoms with Gasteiger partial charge >= 0.3 is 29.6 Å². The summed E-state index contributed by atoms with van der Waals surface area (Å²) >= 11 is 0. The molecular formula is C10H9NaO5. The van der Waals surface area contributed by atoms with Crippen molar-refractivity contribution in [2.24, 2.45) is 0 Å². The number of carbonyl (C=O) groups is 2. The summed E-state index contributed by atoms with van der Waals surface area (Å²) in [6.07, 6.45) is 0. The van der Waals surface area contributed by atoms with Crippen LogP contribution in [0.3, 0.4) is 0 Å². The van der Waals surface area contributed by atoms with E-state index in [9.17, 15) is 14.7 Å². The molecular weight excluding hydrogens is 223 g/mol. The van der Waals surface area contributed by atoms with E-state index in [1.807, 2.05) is 0 Å². The molecule has 0 saturated heterocycles. The molecule has 0 fully saturated rings. The van der Waals surface area contributed by atoms with Gasteiger partial charge in [-0.2, -0.15) is 0 Å². The number of carboxylic acid groups (broad SMARTS) is 1. The van der Waals surface area contributed by atoms with Crippen molar-refractivity contribution in [3.63, 3.8) is 0 Å². The molecule has 0 aliphatic heterocycles. The fourth-order valence-corrected chi connectivity index (χ4v) is 1.04. The molecule has 0 spiro atoms. The predicted molar refractivity (Wildman–Crippen MR) is 48.4 cm³/mol. The van der Waals surface area contributed by atoms with Crippen LogP contribution in [0.4, 0.5) is 0 Å². The third-order valence-electron chi connectivity index (χ3n) is 1.68. The summed E-state index contributed by atoms with van der Waals surface area (Å²) in [5.74, 6) is -1.77. The zero-order valence-electron chi connectivity index (χ0n) is 8.80. The van der Waals surface area contributed by atoms with Gasteiger partial charge in [-0.15, -0.1) is 0 Å². The van der Waals surface area contributed by atoms with E-state index in [1.165, 1.54) is 12.1 Å². The number of benzene rings is 1. The minimum absolute atomic E-state index is 0. The molecule has 0 atom stereocenters. The number of aliphatic hydroxyl groups excluding tert-OH is 1. The molecule has 6 heteroatoms. The molecule has 0 radical (unpaired) electrons. The van der Waals surface area contributed by atoms with Crippen LogP contribution in [-0.2, 0) is 4.79 Å². The fraction of sp³-hybridized carbons (Fsp3) is 0.200. The summed E-state index contributed by atoms with van der Waals surface area (Å²) in [5, 5.41) is 18.8. The van der Waals surface area contributed by atoms with Gasteiger partial charge in [-0.05, 0) is 12.1 Å². The van der Waals surface area contributed by atoms with E-state index < -0.39 is 25.0 Å². The van der Waals surface area contributed by atoms with Crippen molar-refractivity contribution < 1.29 is 54.1 Å². The molecule has 0 aliphatic rings. The molecule has 16 heavy (non-hydrogen) atoms. The first kappa shape index (κ1) is 15.1. The van der Waals surface area contributed by atoms with Gasteiger partial charge in [-0.25, -0.2) is 0 Å². The van der Waals surface area contributed by atoms with Crippen LogP contribution in [0, 0.1) is 0 Å². The molecule has 1 N–H and O–H groups in total. The molecule has 0 amide bonds. The summed E-state index contributed by atoms with van der Waals surface area (Å²) in [5.41, 5.74) is 0.154.